The van der Waals surface area contributed by atoms with Crippen LogP contribution in [0.3, 0.4) is 0 Å². The maximum absolute atomic E-state index is 13.7. The van der Waals surface area contributed by atoms with Gasteiger partial charge in [-0.3, -0.25) is 0 Å². The van der Waals surface area contributed by atoms with Crippen LogP contribution >= 0.6 is 15.9 Å². The van der Waals surface area contributed by atoms with Crippen molar-refractivity contribution in [2.75, 3.05) is 5.33 Å². The van der Waals surface area contributed by atoms with Gasteiger partial charge in [0.15, 0.2) is 0 Å². The number of hydrogen-bond donors (Lipinski definition) is 0. The van der Waals surface area contributed by atoms with E-state index in [2.05, 4.69) is 15.9 Å². The van der Waals surface area contributed by atoms with Gasteiger partial charge in [0, 0.05) is 5.33 Å². The number of hydrogen-bond acceptors (Lipinski definition) is 1. The highest BCUT2D eigenvalue weighted by Gasteiger charge is 2.22. The van der Waals surface area contributed by atoms with Crippen molar-refractivity contribution >= 4 is 15.9 Å². The Morgan fingerprint density at radius 3 is 2.55 bits per heavy atom. The standard InChI is InChI=1S/C17H21BrFN/c18-10-2-1-3-13-4-6-14(7-5-13)15-8-9-16(12-20)17(19)11-15/h8-9,11,13-14H,1-7,10H2. The SMILES string of the molecule is N#Cc1ccc(C2CCC(CCCCBr)CC2)cc1F. The lowest BCUT2D eigenvalue weighted by atomic mass is 9.77. The first kappa shape index (κ1) is 15.5. The second-order valence-electron chi connectivity index (χ2n) is 5.75. The first-order valence-corrected chi connectivity index (χ1v) is 8.62. The molecular weight excluding hydrogens is 317 g/mol. The van der Waals surface area contributed by atoms with E-state index < -0.39 is 0 Å². The Hall–Kier alpha value is -0.880. The molecule has 0 aliphatic heterocycles. The van der Waals surface area contributed by atoms with Gasteiger partial charge in [-0.15, -0.1) is 0 Å². The summed E-state index contributed by atoms with van der Waals surface area (Å²) in [5.74, 6) is 0.961. The Bertz CT molecular complexity index is 472. The molecule has 0 bridgehead atoms. The van der Waals surface area contributed by atoms with E-state index in [0.29, 0.717) is 5.92 Å². The molecular formula is C17H21BrFN. The zero-order valence-corrected chi connectivity index (χ0v) is 13.3. The topological polar surface area (TPSA) is 23.8 Å². The summed E-state index contributed by atoms with van der Waals surface area (Å²) >= 11 is 3.47. The minimum Gasteiger partial charge on any atom is -0.206 e. The highest BCUT2D eigenvalue weighted by atomic mass is 79.9. The normalized spacial score (nSPS) is 22.4. The predicted molar refractivity (Wildman–Crippen MR) is 83.5 cm³/mol. The van der Waals surface area contributed by atoms with Crippen LogP contribution in [0.4, 0.5) is 4.39 Å². The van der Waals surface area contributed by atoms with Crippen LogP contribution in [0.2, 0.25) is 0 Å². The van der Waals surface area contributed by atoms with Crippen LogP contribution in [0.1, 0.15) is 62.0 Å². The van der Waals surface area contributed by atoms with Crippen molar-refractivity contribution < 1.29 is 4.39 Å². The summed E-state index contributed by atoms with van der Waals surface area (Å²) in [6.45, 7) is 0. The Balaban J connectivity index is 1.87. The van der Waals surface area contributed by atoms with Crippen LogP contribution in [0, 0.1) is 23.1 Å². The smallest absolute Gasteiger partial charge is 0.141 e. The molecule has 1 aromatic carbocycles. The summed E-state index contributed by atoms with van der Waals surface area (Å²) in [5.41, 5.74) is 1.22. The van der Waals surface area contributed by atoms with Crippen molar-refractivity contribution in [3.05, 3.63) is 35.1 Å². The van der Waals surface area contributed by atoms with Crippen molar-refractivity contribution in [3.63, 3.8) is 0 Å². The molecule has 0 spiro atoms. The predicted octanol–water partition coefficient (Wildman–Crippen LogP) is 5.54. The van der Waals surface area contributed by atoms with Crippen LogP contribution in [0.15, 0.2) is 18.2 Å². The van der Waals surface area contributed by atoms with Crippen molar-refractivity contribution in [1.82, 2.24) is 0 Å². The molecule has 0 heterocycles. The van der Waals surface area contributed by atoms with Gasteiger partial charge in [0.05, 0.1) is 5.56 Å². The molecule has 0 amide bonds. The first-order chi connectivity index (χ1) is 9.74. The van der Waals surface area contributed by atoms with E-state index in [1.165, 1.54) is 32.1 Å². The van der Waals surface area contributed by atoms with E-state index in [0.717, 1.165) is 29.7 Å². The van der Waals surface area contributed by atoms with E-state index in [4.69, 9.17) is 5.26 Å². The Labute approximate surface area is 129 Å². The number of halogens is 2. The molecule has 0 N–H and O–H groups in total. The summed E-state index contributed by atoms with van der Waals surface area (Å²) in [4.78, 5) is 0. The quantitative estimate of drug-likeness (QED) is 0.511. The second-order valence-corrected chi connectivity index (χ2v) is 6.55. The van der Waals surface area contributed by atoms with Gasteiger partial charge in [-0.05, 0) is 61.6 Å². The number of alkyl halides is 1. The van der Waals surface area contributed by atoms with Gasteiger partial charge in [-0.2, -0.15) is 5.26 Å². The molecule has 0 aromatic heterocycles. The fraction of sp³-hybridized carbons (Fsp3) is 0.588. The molecule has 0 radical (unpaired) electrons. The first-order valence-electron chi connectivity index (χ1n) is 7.50. The third-order valence-corrected chi connectivity index (χ3v) is 4.99. The Morgan fingerprint density at radius 1 is 1.20 bits per heavy atom. The second kappa shape index (κ2) is 7.78. The minimum atomic E-state index is -0.371. The van der Waals surface area contributed by atoms with Gasteiger partial charge in [0.2, 0.25) is 0 Å². The molecule has 1 aliphatic rings. The third-order valence-electron chi connectivity index (χ3n) is 4.43. The molecule has 1 fully saturated rings. The summed E-state index contributed by atoms with van der Waals surface area (Å²) in [7, 11) is 0. The van der Waals surface area contributed by atoms with Crippen molar-refractivity contribution in [2.45, 2.75) is 50.9 Å². The van der Waals surface area contributed by atoms with E-state index in [1.807, 2.05) is 12.1 Å². The van der Waals surface area contributed by atoms with Gasteiger partial charge < -0.3 is 0 Å². The average Bonchev–Trinajstić information content (AvgIpc) is 2.48. The molecule has 108 valence electrons. The zero-order valence-electron chi connectivity index (χ0n) is 11.7. The summed E-state index contributed by atoms with van der Waals surface area (Å²) in [6, 6.07) is 6.99. The lowest BCUT2D eigenvalue weighted by molar-refractivity contribution is 0.304. The Morgan fingerprint density at radius 2 is 1.95 bits per heavy atom. The molecule has 20 heavy (non-hydrogen) atoms. The van der Waals surface area contributed by atoms with Crippen LogP contribution < -0.4 is 0 Å². The van der Waals surface area contributed by atoms with Gasteiger partial charge in [0.1, 0.15) is 11.9 Å². The molecule has 1 saturated carbocycles. The molecule has 1 nitrogen and oxygen atoms in total. The fourth-order valence-electron chi connectivity index (χ4n) is 3.19. The summed E-state index contributed by atoms with van der Waals surface area (Å²) in [5, 5.41) is 9.87. The van der Waals surface area contributed by atoms with Crippen molar-refractivity contribution in [3.8, 4) is 6.07 Å². The van der Waals surface area contributed by atoms with Gasteiger partial charge in [0.25, 0.3) is 0 Å². The average molecular weight is 338 g/mol. The molecule has 1 aliphatic carbocycles. The van der Waals surface area contributed by atoms with Crippen molar-refractivity contribution in [1.29, 1.82) is 5.26 Å². The maximum atomic E-state index is 13.7. The summed E-state index contributed by atoms with van der Waals surface area (Å²) in [6.07, 6.45) is 8.74. The number of rotatable bonds is 5. The van der Waals surface area contributed by atoms with Gasteiger partial charge >= 0.3 is 0 Å². The van der Waals surface area contributed by atoms with E-state index in [-0.39, 0.29) is 11.4 Å². The lowest BCUT2D eigenvalue weighted by Crippen LogP contribution is -2.13. The molecule has 1 aromatic rings. The molecule has 2 rings (SSSR count). The number of unbranched alkanes of at least 4 members (excludes halogenated alkanes) is 1. The molecule has 3 heteroatoms. The van der Waals surface area contributed by atoms with Crippen LogP contribution in [-0.2, 0) is 0 Å². The minimum absolute atomic E-state index is 0.150. The van der Waals surface area contributed by atoms with E-state index >= 15 is 0 Å². The van der Waals surface area contributed by atoms with Gasteiger partial charge in [-0.25, -0.2) is 4.39 Å². The largest absolute Gasteiger partial charge is 0.206 e. The lowest BCUT2D eigenvalue weighted by Gasteiger charge is -2.29. The number of nitriles is 1. The highest BCUT2D eigenvalue weighted by Crippen LogP contribution is 2.38. The number of benzene rings is 1. The number of nitrogens with zero attached hydrogens (tertiary/aromatic N) is 1. The molecule has 0 atom stereocenters. The zero-order chi connectivity index (χ0) is 14.4. The molecule has 0 saturated heterocycles. The Kier molecular flexibility index (Phi) is 6.04. The van der Waals surface area contributed by atoms with Crippen LogP contribution in [-0.4, -0.2) is 5.33 Å². The molecule has 0 unspecified atom stereocenters. The third kappa shape index (κ3) is 4.06. The summed E-state index contributed by atoms with van der Waals surface area (Å²) < 4.78 is 13.7. The monoisotopic (exact) mass is 337 g/mol. The van der Waals surface area contributed by atoms with E-state index in [1.54, 1.807) is 12.1 Å². The van der Waals surface area contributed by atoms with Crippen LogP contribution in [0.25, 0.3) is 0 Å². The van der Waals surface area contributed by atoms with Crippen LogP contribution in [0.5, 0.6) is 0 Å². The maximum Gasteiger partial charge on any atom is 0.141 e. The fourth-order valence-corrected chi connectivity index (χ4v) is 3.58. The highest BCUT2D eigenvalue weighted by molar-refractivity contribution is 9.09. The van der Waals surface area contributed by atoms with Crippen molar-refractivity contribution in [2.24, 2.45) is 5.92 Å². The van der Waals surface area contributed by atoms with E-state index in [9.17, 15) is 4.39 Å². The van der Waals surface area contributed by atoms with Gasteiger partial charge in [-0.1, -0.05) is 34.8 Å².